The minimum atomic E-state index is 0.295. The Morgan fingerprint density at radius 2 is 0.840 bits per heavy atom. The molecule has 0 spiro atoms. The van der Waals surface area contributed by atoms with Gasteiger partial charge in [0.05, 0.1) is 0 Å². The summed E-state index contributed by atoms with van der Waals surface area (Å²) in [4.78, 5) is 19.3. The van der Waals surface area contributed by atoms with Gasteiger partial charge in [0, 0.05) is 41.5 Å². The van der Waals surface area contributed by atoms with Gasteiger partial charge >= 0.3 is 0 Å². The molecule has 0 aliphatic carbocycles. The summed E-state index contributed by atoms with van der Waals surface area (Å²) in [6, 6.07) is 0. The lowest BCUT2D eigenvalue weighted by Crippen LogP contribution is -2.35. The van der Waals surface area contributed by atoms with Gasteiger partial charge in [0.15, 0.2) is 0 Å². The van der Waals surface area contributed by atoms with E-state index in [4.69, 9.17) is 18.9 Å². The van der Waals surface area contributed by atoms with Crippen molar-refractivity contribution in [3.63, 3.8) is 0 Å². The normalized spacial score (nSPS) is 10.8. The monoisotopic (exact) mass is 358 g/mol. The molecule has 1 aromatic rings. The van der Waals surface area contributed by atoms with Crippen LogP contribution in [0.3, 0.4) is 0 Å². The predicted molar refractivity (Wildman–Crippen MR) is 95.9 cm³/mol. The van der Waals surface area contributed by atoms with Crippen LogP contribution >= 0.6 is 0 Å². The van der Waals surface area contributed by atoms with Gasteiger partial charge in [-0.25, -0.2) is 0 Å². The summed E-state index contributed by atoms with van der Waals surface area (Å²) in [6.45, 7) is 6.85. The molecule has 10 heteroatoms. The summed E-state index contributed by atoms with van der Waals surface area (Å²) in [6.07, 6.45) is 0. The maximum Gasteiger partial charge on any atom is 0.235 e. The number of hydrogen-bond acceptors (Lipinski definition) is 10. The van der Waals surface area contributed by atoms with Gasteiger partial charge < -0.3 is 23.8 Å². The third-order valence-corrected chi connectivity index (χ3v) is 3.35. The summed E-state index contributed by atoms with van der Waals surface area (Å²) in [7, 11) is 6.44. The van der Waals surface area contributed by atoms with Crippen LogP contribution in [0.15, 0.2) is 0 Å². The molecule has 1 aromatic heterocycles. The van der Waals surface area contributed by atoms with E-state index >= 15 is 0 Å². The second-order valence-electron chi connectivity index (χ2n) is 5.16. The van der Waals surface area contributed by atoms with E-state index in [0.717, 1.165) is 13.1 Å². The van der Waals surface area contributed by atoms with Crippen molar-refractivity contribution in [1.29, 1.82) is 0 Å². The van der Waals surface area contributed by atoms with E-state index in [2.05, 4.69) is 28.8 Å². The molecule has 0 amide bonds. The molecule has 0 aromatic carbocycles. The van der Waals surface area contributed by atoms with Gasteiger partial charge in [-0.05, 0) is 13.8 Å². The van der Waals surface area contributed by atoms with Gasteiger partial charge in [-0.1, -0.05) is 0 Å². The fraction of sp³-hybridized carbons (Fsp3) is 0.800. The fourth-order valence-electron chi connectivity index (χ4n) is 2.20. The van der Waals surface area contributed by atoms with Crippen LogP contribution in [-0.2, 0) is 18.9 Å². The Bertz CT molecular complexity index is 443. The zero-order valence-electron chi connectivity index (χ0n) is 16.1. The number of aromatic nitrogens is 3. The molecular weight excluding hydrogens is 328 g/mol. The van der Waals surface area contributed by atoms with E-state index < -0.39 is 0 Å². The Kier molecular flexibility index (Phi) is 10.0. The molecular formula is C15H30N6O4. The summed E-state index contributed by atoms with van der Waals surface area (Å²) < 4.78 is 20.9. The van der Waals surface area contributed by atoms with Gasteiger partial charge in [0.25, 0.3) is 0 Å². The second-order valence-corrected chi connectivity index (χ2v) is 5.16. The summed E-state index contributed by atoms with van der Waals surface area (Å²) in [5.41, 5.74) is 0. The van der Waals surface area contributed by atoms with Crippen molar-refractivity contribution in [2.24, 2.45) is 0 Å². The van der Waals surface area contributed by atoms with Crippen LogP contribution in [0, 0.1) is 0 Å². The van der Waals surface area contributed by atoms with Crippen LogP contribution in [0.5, 0.6) is 0 Å². The Hall–Kier alpha value is -1.75. The molecule has 0 saturated carbocycles. The zero-order chi connectivity index (χ0) is 18.7. The fourth-order valence-corrected chi connectivity index (χ4v) is 2.20. The van der Waals surface area contributed by atoms with Gasteiger partial charge in [-0.3, -0.25) is 9.80 Å². The highest BCUT2D eigenvalue weighted by Crippen LogP contribution is 2.19. The molecule has 144 valence electrons. The van der Waals surface area contributed by atoms with E-state index in [-0.39, 0.29) is 0 Å². The molecule has 1 rings (SSSR count). The van der Waals surface area contributed by atoms with Crippen molar-refractivity contribution >= 4 is 17.8 Å². The minimum Gasteiger partial charge on any atom is -0.364 e. The van der Waals surface area contributed by atoms with Crippen molar-refractivity contribution < 1.29 is 18.9 Å². The van der Waals surface area contributed by atoms with Crippen LogP contribution in [-0.4, -0.2) is 83.4 Å². The summed E-state index contributed by atoms with van der Waals surface area (Å²) in [5.74, 6) is 1.51. The van der Waals surface area contributed by atoms with Crippen LogP contribution in [0.4, 0.5) is 17.8 Å². The highest BCUT2D eigenvalue weighted by Gasteiger charge is 2.19. The maximum atomic E-state index is 5.23. The topological polar surface area (TPSA) is 85.3 Å². The zero-order valence-corrected chi connectivity index (χ0v) is 16.1. The smallest absolute Gasteiger partial charge is 0.235 e. The van der Waals surface area contributed by atoms with Crippen LogP contribution in [0.2, 0.25) is 0 Å². The van der Waals surface area contributed by atoms with Crippen LogP contribution < -0.4 is 14.7 Å². The average Bonchev–Trinajstić information content (AvgIpc) is 2.62. The number of methoxy groups -OCH3 is 4. The molecule has 0 bridgehead atoms. The molecule has 25 heavy (non-hydrogen) atoms. The summed E-state index contributed by atoms with van der Waals surface area (Å²) in [5, 5.41) is 0. The predicted octanol–water partition coefficient (Wildman–Crippen LogP) is 0.746. The Labute approximate surface area is 149 Å². The number of nitrogens with zero attached hydrogens (tertiary/aromatic N) is 6. The highest BCUT2D eigenvalue weighted by atomic mass is 16.5. The largest absolute Gasteiger partial charge is 0.364 e. The first-order valence-corrected chi connectivity index (χ1v) is 8.11. The molecule has 0 fully saturated rings. The SMILES string of the molecule is CCN(CC)c1nc(N(COC)COC)nc(N(COC)COC)n1. The van der Waals surface area contributed by atoms with Crippen molar-refractivity contribution in [3.8, 4) is 0 Å². The number of anilines is 3. The first-order chi connectivity index (χ1) is 12.1. The standard InChI is InChI=1S/C15H30N6O4/c1-7-19(8-2)13-16-14(20(9-22-3)10-23-4)18-15(17-13)21(11-24-5)12-25-6/h7-12H2,1-6H3. The lowest BCUT2D eigenvalue weighted by atomic mass is 10.5. The lowest BCUT2D eigenvalue weighted by Gasteiger charge is -2.27. The van der Waals surface area contributed by atoms with Gasteiger partial charge in [0.2, 0.25) is 17.8 Å². The van der Waals surface area contributed by atoms with E-state index in [0.29, 0.717) is 44.8 Å². The van der Waals surface area contributed by atoms with Crippen LogP contribution in [0.25, 0.3) is 0 Å². The molecule has 10 nitrogen and oxygen atoms in total. The molecule has 0 aliphatic rings. The van der Waals surface area contributed by atoms with E-state index in [1.54, 1.807) is 38.2 Å². The van der Waals surface area contributed by atoms with Gasteiger partial charge in [-0.15, -0.1) is 0 Å². The quantitative estimate of drug-likeness (QED) is 0.471. The highest BCUT2D eigenvalue weighted by molar-refractivity contribution is 5.46. The Morgan fingerprint density at radius 1 is 0.560 bits per heavy atom. The first-order valence-electron chi connectivity index (χ1n) is 8.11. The van der Waals surface area contributed by atoms with Crippen molar-refractivity contribution in [2.75, 3.05) is 83.2 Å². The van der Waals surface area contributed by atoms with Crippen molar-refractivity contribution in [2.45, 2.75) is 13.8 Å². The average molecular weight is 358 g/mol. The van der Waals surface area contributed by atoms with Crippen molar-refractivity contribution in [3.05, 3.63) is 0 Å². The lowest BCUT2D eigenvalue weighted by molar-refractivity contribution is 0.136. The number of ether oxygens (including phenoxy) is 4. The van der Waals surface area contributed by atoms with Gasteiger partial charge in [0.1, 0.15) is 26.9 Å². The molecule has 0 aliphatic heterocycles. The maximum absolute atomic E-state index is 5.23. The molecule has 1 heterocycles. The third-order valence-electron chi connectivity index (χ3n) is 3.35. The van der Waals surface area contributed by atoms with E-state index in [1.165, 1.54) is 0 Å². The molecule has 0 N–H and O–H groups in total. The van der Waals surface area contributed by atoms with E-state index in [9.17, 15) is 0 Å². The summed E-state index contributed by atoms with van der Waals surface area (Å²) >= 11 is 0. The van der Waals surface area contributed by atoms with Crippen LogP contribution in [0.1, 0.15) is 13.8 Å². The molecule has 0 unspecified atom stereocenters. The molecule has 0 saturated heterocycles. The number of hydrogen-bond donors (Lipinski definition) is 0. The van der Waals surface area contributed by atoms with E-state index in [1.807, 2.05) is 4.90 Å². The van der Waals surface area contributed by atoms with Crippen molar-refractivity contribution in [1.82, 2.24) is 15.0 Å². The Balaban J connectivity index is 3.33. The molecule has 0 radical (unpaired) electrons. The minimum absolute atomic E-state index is 0.295. The first kappa shape index (κ1) is 21.3. The second kappa shape index (κ2) is 11.7. The number of rotatable bonds is 13. The Morgan fingerprint density at radius 3 is 1.08 bits per heavy atom. The third kappa shape index (κ3) is 6.24. The van der Waals surface area contributed by atoms with Gasteiger partial charge in [-0.2, -0.15) is 15.0 Å². The molecule has 0 atom stereocenters.